The molecule has 3 N–H and O–H groups in total. The molecule has 0 saturated carbocycles. The summed E-state index contributed by atoms with van der Waals surface area (Å²) in [7, 11) is 0. The van der Waals surface area contributed by atoms with Crippen LogP contribution in [0.25, 0.3) is 22.5 Å². The van der Waals surface area contributed by atoms with Crippen molar-refractivity contribution in [3.8, 4) is 22.5 Å². The van der Waals surface area contributed by atoms with Crippen LogP contribution in [-0.2, 0) is 13.0 Å². The van der Waals surface area contributed by atoms with Crippen LogP contribution in [0.2, 0.25) is 0 Å². The van der Waals surface area contributed by atoms with Gasteiger partial charge in [-0.1, -0.05) is 55.5 Å². The third kappa shape index (κ3) is 5.06. The van der Waals surface area contributed by atoms with Gasteiger partial charge in [0.2, 0.25) is 5.82 Å². The first kappa shape index (κ1) is 22.8. The van der Waals surface area contributed by atoms with Crippen LogP contribution in [0.3, 0.4) is 0 Å². The van der Waals surface area contributed by atoms with Crippen LogP contribution in [0.15, 0.2) is 54.7 Å². The topological polar surface area (TPSA) is 130 Å². The molecule has 0 fully saturated rings. The molecule has 0 radical (unpaired) electrons. The molecule has 0 aliphatic rings. The van der Waals surface area contributed by atoms with E-state index in [1.807, 2.05) is 55.5 Å². The second-order valence-corrected chi connectivity index (χ2v) is 6.94. The van der Waals surface area contributed by atoms with E-state index < -0.39 is 5.97 Å². The van der Waals surface area contributed by atoms with E-state index in [9.17, 15) is 9.90 Å². The lowest BCUT2D eigenvalue weighted by atomic mass is 9.98. The molecule has 10 heteroatoms. The Morgan fingerprint density at radius 3 is 2.50 bits per heavy atom. The van der Waals surface area contributed by atoms with Gasteiger partial charge in [0.05, 0.1) is 0 Å². The molecule has 2 aromatic carbocycles. The van der Waals surface area contributed by atoms with Gasteiger partial charge in [-0.3, -0.25) is 0 Å². The fourth-order valence-electron chi connectivity index (χ4n) is 3.25. The second-order valence-electron chi connectivity index (χ2n) is 6.94. The molecule has 0 aliphatic heterocycles. The van der Waals surface area contributed by atoms with Crippen LogP contribution in [0.1, 0.15) is 35.1 Å². The number of nitrogens with one attached hydrogen (secondary N) is 2. The monoisotopic (exact) mass is 451 g/mol. The van der Waals surface area contributed by atoms with E-state index in [1.54, 1.807) is 0 Å². The number of hydrogen-bond donors (Lipinski definition) is 3. The fraction of sp³-hybridized carbons (Fsp3) is 0.182. The Labute approximate surface area is 190 Å². The van der Waals surface area contributed by atoms with Crippen molar-refractivity contribution >= 4 is 24.2 Å². The molecular formula is C22H22ClN7O2. The Kier molecular flexibility index (Phi) is 7.45. The maximum absolute atomic E-state index is 11.5. The lowest BCUT2D eigenvalue weighted by Gasteiger charge is -2.11. The van der Waals surface area contributed by atoms with Crippen LogP contribution in [-0.4, -0.2) is 41.7 Å². The van der Waals surface area contributed by atoms with Gasteiger partial charge in [-0.05, 0) is 28.3 Å². The van der Waals surface area contributed by atoms with Crippen molar-refractivity contribution < 1.29 is 9.90 Å². The number of aromatic nitrogens is 6. The first-order valence-corrected chi connectivity index (χ1v) is 9.91. The van der Waals surface area contributed by atoms with Crippen molar-refractivity contribution in [3.63, 3.8) is 0 Å². The molecule has 164 valence electrons. The lowest BCUT2D eigenvalue weighted by molar-refractivity contribution is 0.0697. The zero-order chi connectivity index (χ0) is 21.6. The molecule has 0 atom stereocenters. The van der Waals surface area contributed by atoms with Gasteiger partial charge in [-0.15, -0.1) is 22.6 Å². The molecule has 0 aliphatic carbocycles. The highest BCUT2D eigenvalue weighted by molar-refractivity contribution is 5.92. The molecule has 0 spiro atoms. The van der Waals surface area contributed by atoms with Crippen molar-refractivity contribution in [2.24, 2.45) is 0 Å². The van der Waals surface area contributed by atoms with Crippen LogP contribution < -0.4 is 5.32 Å². The van der Waals surface area contributed by atoms with E-state index in [2.05, 4.69) is 35.9 Å². The molecule has 0 bridgehead atoms. The molecule has 0 amide bonds. The van der Waals surface area contributed by atoms with Crippen LogP contribution >= 0.6 is 12.4 Å². The standard InChI is InChI=1S/C22H21N7O2.ClH/c1-2-5-19-23-13-18(22(30)31)20(25-19)24-12-14-8-10-15(11-9-14)16-6-3-4-7-17(16)21-26-28-29-27-21;/h3-4,6-11,13H,2,5,12H2,1H3,(H,30,31)(H,23,24,25)(H,26,27,28,29);1H. The van der Waals surface area contributed by atoms with E-state index in [1.165, 1.54) is 6.20 Å². The molecule has 2 heterocycles. The number of H-pyrrole nitrogens is 1. The number of carboxylic acid groups (broad SMARTS) is 1. The molecule has 4 aromatic rings. The number of nitrogens with zero attached hydrogens (tertiary/aromatic N) is 5. The number of carboxylic acids is 1. The zero-order valence-corrected chi connectivity index (χ0v) is 18.1. The van der Waals surface area contributed by atoms with Gasteiger partial charge in [-0.2, -0.15) is 5.21 Å². The Bertz CT molecular complexity index is 1180. The number of aryl methyl sites for hydroxylation is 1. The van der Waals surface area contributed by atoms with Gasteiger partial charge in [0, 0.05) is 24.7 Å². The van der Waals surface area contributed by atoms with E-state index in [-0.39, 0.29) is 18.0 Å². The normalized spacial score (nSPS) is 10.4. The number of tetrazole rings is 1. The summed E-state index contributed by atoms with van der Waals surface area (Å²) in [5, 5.41) is 26.8. The Morgan fingerprint density at radius 2 is 1.84 bits per heavy atom. The van der Waals surface area contributed by atoms with Crippen LogP contribution in [0.5, 0.6) is 0 Å². The molecule has 2 aromatic heterocycles. The van der Waals surface area contributed by atoms with E-state index in [0.717, 1.165) is 28.7 Å². The maximum atomic E-state index is 11.5. The lowest BCUT2D eigenvalue weighted by Crippen LogP contribution is -2.11. The van der Waals surface area contributed by atoms with Gasteiger partial charge in [-0.25, -0.2) is 14.8 Å². The number of halogens is 1. The number of hydrogen-bond acceptors (Lipinski definition) is 7. The highest BCUT2D eigenvalue weighted by Gasteiger charge is 2.14. The summed E-state index contributed by atoms with van der Waals surface area (Å²) in [6, 6.07) is 15.9. The maximum Gasteiger partial charge on any atom is 0.341 e. The molecule has 32 heavy (non-hydrogen) atoms. The van der Waals surface area contributed by atoms with Gasteiger partial charge >= 0.3 is 5.97 Å². The molecule has 0 saturated heterocycles. The van der Waals surface area contributed by atoms with Gasteiger partial charge in [0.25, 0.3) is 0 Å². The van der Waals surface area contributed by atoms with Crippen LogP contribution in [0.4, 0.5) is 5.82 Å². The molecular weight excluding hydrogens is 430 g/mol. The minimum Gasteiger partial charge on any atom is -0.477 e. The average Bonchev–Trinajstić information content (AvgIpc) is 3.33. The fourth-order valence-corrected chi connectivity index (χ4v) is 3.25. The summed E-state index contributed by atoms with van der Waals surface area (Å²) in [5.41, 5.74) is 3.95. The molecule has 0 unspecified atom stereocenters. The van der Waals surface area contributed by atoms with Crippen molar-refractivity contribution in [2.75, 3.05) is 5.32 Å². The highest BCUT2D eigenvalue weighted by Crippen LogP contribution is 2.29. The number of aromatic carboxylic acids is 1. The van der Waals surface area contributed by atoms with Gasteiger partial charge in [0.1, 0.15) is 17.2 Å². The zero-order valence-electron chi connectivity index (χ0n) is 17.3. The third-order valence-corrected chi connectivity index (χ3v) is 4.78. The van der Waals surface area contributed by atoms with E-state index in [0.29, 0.717) is 30.4 Å². The van der Waals surface area contributed by atoms with Gasteiger partial charge in [0.15, 0.2) is 0 Å². The minimum atomic E-state index is -1.06. The predicted molar refractivity (Wildman–Crippen MR) is 123 cm³/mol. The first-order chi connectivity index (χ1) is 15.2. The Morgan fingerprint density at radius 1 is 1.09 bits per heavy atom. The molecule has 9 nitrogen and oxygen atoms in total. The van der Waals surface area contributed by atoms with Crippen LogP contribution in [0, 0.1) is 0 Å². The number of carbonyl (C=O) groups is 1. The third-order valence-electron chi connectivity index (χ3n) is 4.78. The van der Waals surface area contributed by atoms with E-state index in [4.69, 9.17) is 0 Å². The van der Waals surface area contributed by atoms with Gasteiger partial charge < -0.3 is 10.4 Å². The average molecular weight is 452 g/mol. The van der Waals surface area contributed by atoms with Crippen molar-refractivity contribution in [2.45, 2.75) is 26.3 Å². The minimum absolute atomic E-state index is 0. The predicted octanol–water partition coefficient (Wildman–Crippen LogP) is 4.01. The first-order valence-electron chi connectivity index (χ1n) is 9.91. The summed E-state index contributed by atoms with van der Waals surface area (Å²) in [5.74, 6) is 0.439. The summed E-state index contributed by atoms with van der Waals surface area (Å²) < 4.78 is 0. The Balaban J connectivity index is 0.00000289. The highest BCUT2D eigenvalue weighted by atomic mass is 35.5. The second kappa shape index (κ2) is 10.5. The summed E-state index contributed by atoms with van der Waals surface area (Å²) >= 11 is 0. The summed E-state index contributed by atoms with van der Waals surface area (Å²) in [6.07, 6.45) is 2.95. The number of rotatable bonds is 8. The number of aromatic amines is 1. The largest absolute Gasteiger partial charge is 0.477 e. The Hall–Kier alpha value is -3.85. The molecule has 4 rings (SSSR count). The van der Waals surface area contributed by atoms with Crippen molar-refractivity contribution in [3.05, 3.63) is 71.7 Å². The van der Waals surface area contributed by atoms with Crippen molar-refractivity contribution in [1.82, 2.24) is 30.6 Å². The summed E-state index contributed by atoms with van der Waals surface area (Å²) in [4.78, 5) is 20.0. The smallest absolute Gasteiger partial charge is 0.341 e. The van der Waals surface area contributed by atoms with Crippen molar-refractivity contribution in [1.29, 1.82) is 0 Å². The SMILES string of the molecule is CCCc1ncc(C(=O)O)c(NCc2ccc(-c3ccccc3-c3nn[nH]n3)cc2)n1.Cl. The quantitative estimate of drug-likeness (QED) is 0.366. The number of benzene rings is 2. The van der Waals surface area contributed by atoms with E-state index >= 15 is 0 Å². The number of anilines is 1. The summed E-state index contributed by atoms with van der Waals surface area (Å²) in [6.45, 7) is 2.47.